The first kappa shape index (κ1) is 22.6. The molecule has 6 nitrogen and oxygen atoms in total. The lowest BCUT2D eigenvalue weighted by molar-refractivity contribution is 0.588. The van der Waals surface area contributed by atoms with E-state index in [2.05, 4.69) is 62.6 Å². The predicted molar refractivity (Wildman–Crippen MR) is 143 cm³/mol. The molecule has 7 heteroatoms. The van der Waals surface area contributed by atoms with Crippen molar-refractivity contribution in [1.29, 1.82) is 0 Å². The van der Waals surface area contributed by atoms with Crippen molar-refractivity contribution >= 4 is 50.6 Å². The van der Waals surface area contributed by atoms with Crippen LogP contribution in [0.4, 0.5) is 5.82 Å². The number of pyridine rings is 2. The van der Waals surface area contributed by atoms with E-state index < -0.39 is 0 Å². The number of hydrogen-bond donors (Lipinski definition) is 2. The minimum absolute atomic E-state index is 0.520. The zero-order chi connectivity index (χ0) is 23.3. The molecule has 0 spiro atoms. The van der Waals surface area contributed by atoms with E-state index in [1.54, 1.807) is 11.9 Å². The van der Waals surface area contributed by atoms with Crippen LogP contribution >= 0.6 is 11.9 Å². The van der Waals surface area contributed by atoms with Gasteiger partial charge in [-0.3, -0.25) is 9.71 Å². The highest BCUT2D eigenvalue weighted by atomic mass is 32.2. The largest absolute Gasteiger partial charge is 0.382 e. The molecule has 0 saturated heterocycles. The standard InChI is InChI=1S/C27H30N6S/c1-2-3-15-23-32-25-26(20-12-4-5-13-21(20)31-27(25)28)33(23)18-7-6-17-30-34-22-14-8-10-19-11-9-16-29-24(19)22/h4-5,8-14,16,30H,2-3,6-7,15,17-18H2,1H3,(H2,28,31). The van der Waals surface area contributed by atoms with Crippen LogP contribution in [0.1, 0.15) is 38.4 Å². The summed E-state index contributed by atoms with van der Waals surface area (Å²) in [5.74, 6) is 1.64. The average Bonchev–Trinajstić information content (AvgIpc) is 3.24. The fourth-order valence-corrected chi connectivity index (χ4v) is 5.24. The molecular formula is C27H30N6S. The van der Waals surface area contributed by atoms with Crippen molar-refractivity contribution in [3.05, 3.63) is 66.6 Å². The highest BCUT2D eigenvalue weighted by Gasteiger charge is 2.16. The van der Waals surface area contributed by atoms with Crippen molar-refractivity contribution in [3.8, 4) is 0 Å². The first-order valence-electron chi connectivity index (χ1n) is 12.0. The van der Waals surface area contributed by atoms with Crippen LogP contribution in [0.25, 0.3) is 32.8 Å². The van der Waals surface area contributed by atoms with E-state index in [1.165, 1.54) is 5.39 Å². The molecule has 3 N–H and O–H groups in total. The topological polar surface area (TPSA) is 81.6 Å². The molecule has 0 radical (unpaired) electrons. The second kappa shape index (κ2) is 10.4. The highest BCUT2D eigenvalue weighted by Crippen LogP contribution is 2.30. The molecule has 2 aromatic carbocycles. The Bertz CT molecular complexity index is 1420. The van der Waals surface area contributed by atoms with E-state index in [1.807, 2.05) is 24.4 Å². The van der Waals surface area contributed by atoms with E-state index >= 15 is 0 Å². The minimum Gasteiger partial charge on any atom is -0.382 e. The smallest absolute Gasteiger partial charge is 0.152 e. The van der Waals surface area contributed by atoms with Gasteiger partial charge in [0, 0.05) is 41.4 Å². The predicted octanol–water partition coefficient (Wildman–Crippen LogP) is 6.13. The Morgan fingerprint density at radius 3 is 2.74 bits per heavy atom. The molecule has 0 unspecified atom stereocenters. The first-order chi connectivity index (χ1) is 16.8. The summed E-state index contributed by atoms with van der Waals surface area (Å²) in [6, 6.07) is 18.6. The van der Waals surface area contributed by atoms with Crippen LogP contribution in [-0.2, 0) is 13.0 Å². The van der Waals surface area contributed by atoms with Crippen LogP contribution in [-0.4, -0.2) is 26.1 Å². The number of nitrogens with two attached hydrogens (primary N) is 1. The number of fused-ring (bicyclic) bond motifs is 4. The maximum atomic E-state index is 6.32. The second-order valence-electron chi connectivity index (χ2n) is 8.53. The molecule has 0 amide bonds. The van der Waals surface area contributed by atoms with Crippen LogP contribution in [0, 0.1) is 0 Å². The molecule has 34 heavy (non-hydrogen) atoms. The van der Waals surface area contributed by atoms with Gasteiger partial charge in [0.1, 0.15) is 11.3 Å². The number of nitrogens with one attached hydrogen (secondary N) is 1. The highest BCUT2D eigenvalue weighted by molar-refractivity contribution is 7.97. The van der Waals surface area contributed by atoms with Gasteiger partial charge < -0.3 is 10.3 Å². The summed E-state index contributed by atoms with van der Waals surface area (Å²) in [5, 5.41) is 2.29. The molecule has 0 saturated carbocycles. The maximum Gasteiger partial charge on any atom is 0.152 e. The van der Waals surface area contributed by atoms with Gasteiger partial charge in [0.15, 0.2) is 5.82 Å². The number of unbranched alkanes of at least 4 members (excludes halogenated alkanes) is 2. The summed E-state index contributed by atoms with van der Waals surface area (Å²) in [4.78, 5) is 15.2. The van der Waals surface area contributed by atoms with Crippen LogP contribution < -0.4 is 10.5 Å². The number of anilines is 1. The number of benzene rings is 2. The second-order valence-corrected chi connectivity index (χ2v) is 9.46. The molecular weight excluding hydrogens is 440 g/mol. The molecule has 3 aromatic heterocycles. The molecule has 5 aromatic rings. The van der Waals surface area contributed by atoms with Gasteiger partial charge in [0.2, 0.25) is 0 Å². The summed E-state index contributed by atoms with van der Waals surface area (Å²) in [6.45, 7) is 4.06. The Morgan fingerprint density at radius 2 is 1.82 bits per heavy atom. The fourth-order valence-electron chi connectivity index (χ4n) is 4.43. The van der Waals surface area contributed by atoms with Crippen molar-refractivity contribution in [1.82, 2.24) is 24.2 Å². The van der Waals surface area contributed by atoms with Crippen LogP contribution in [0.3, 0.4) is 0 Å². The summed E-state index contributed by atoms with van der Waals surface area (Å²) in [6.07, 6.45) is 7.19. The summed E-state index contributed by atoms with van der Waals surface area (Å²) >= 11 is 1.66. The van der Waals surface area contributed by atoms with Gasteiger partial charge in [-0.2, -0.15) is 0 Å². The van der Waals surface area contributed by atoms with Crippen molar-refractivity contribution in [2.75, 3.05) is 12.3 Å². The van der Waals surface area contributed by atoms with Crippen molar-refractivity contribution < 1.29 is 0 Å². The van der Waals surface area contributed by atoms with Crippen molar-refractivity contribution in [2.45, 2.75) is 50.5 Å². The van der Waals surface area contributed by atoms with E-state index in [-0.39, 0.29) is 0 Å². The summed E-state index contributed by atoms with van der Waals surface area (Å²) < 4.78 is 5.90. The van der Waals surface area contributed by atoms with E-state index in [9.17, 15) is 0 Å². The molecule has 0 aliphatic heterocycles. The Kier molecular flexibility index (Phi) is 6.92. The van der Waals surface area contributed by atoms with Crippen LogP contribution in [0.15, 0.2) is 65.7 Å². The minimum atomic E-state index is 0.520. The monoisotopic (exact) mass is 470 g/mol. The maximum absolute atomic E-state index is 6.32. The van der Waals surface area contributed by atoms with Gasteiger partial charge in [0.05, 0.1) is 16.6 Å². The molecule has 3 heterocycles. The molecule has 0 atom stereocenters. The molecule has 0 fully saturated rings. The molecule has 0 aliphatic rings. The number of imidazole rings is 1. The lowest BCUT2D eigenvalue weighted by Gasteiger charge is -2.11. The van der Waals surface area contributed by atoms with Gasteiger partial charge in [-0.15, -0.1) is 0 Å². The van der Waals surface area contributed by atoms with Gasteiger partial charge in [-0.05, 0) is 49.4 Å². The summed E-state index contributed by atoms with van der Waals surface area (Å²) in [5.41, 5.74) is 10.3. The lowest BCUT2D eigenvalue weighted by atomic mass is 10.2. The quantitative estimate of drug-likeness (QED) is 0.189. The van der Waals surface area contributed by atoms with Crippen LogP contribution in [0.2, 0.25) is 0 Å². The van der Waals surface area contributed by atoms with Crippen LogP contribution in [0.5, 0.6) is 0 Å². The van der Waals surface area contributed by atoms with Gasteiger partial charge in [0.25, 0.3) is 0 Å². The fraction of sp³-hybridized carbons (Fsp3) is 0.296. The normalized spacial score (nSPS) is 11.7. The molecule has 0 bridgehead atoms. The third kappa shape index (κ3) is 4.58. The number of hydrogen-bond acceptors (Lipinski definition) is 6. The third-order valence-corrected chi connectivity index (χ3v) is 7.03. The number of para-hydroxylation sites is 2. The Morgan fingerprint density at radius 1 is 0.941 bits per heavy atom. The average molecular weight is 471 g/mol. The lowest BCUT2D eigenvalue weighted by Crippen LogP contribution is -2.09. The van der Waals surface area contributed by atoms with E-state index in [4.69, 9.17) is 10.7 Å². The first-order valence-corrected chi connectivity index (χ1v) is 12.8. The van der Waals surface area contributed by atoms with Crippen molar-refractivity contribution in [2.24, 2.45) is 0 Å². The number of aromatic nitrogens is 4. The number of rotatable bonds is 10. The SMILES string of the molecule is CCCCc1nc2c(N)nc3ccccc3c2n1CCCCNSc1cccc2cccnc12. The Balaban J connectivity index is 1.28. The zero-order valence-electron chi connectivity index (χ0n) is 19.5. The number of aryl methyl sites for hydroxylation is 2. The molecule has 174 valence electrons. The van der Waals surface area contributed by atoms with Gasteiger partial charge in [-0.25, -0.2) is 9.97 Å². The zero-order valence-corrected chi connectivity index (χ0v) is 20.3. The van der Waals surface area contributed by atoms with E-state index in [0.717, 1.165) is 83.4 Å². The Hall–Kier alpha value is -3.16. The van der Waals surface area contributed by atoms with Gasteiger partial charge in [-0.1, -0.05) is 49.7 Å². The third-order valence-electron chi connectivity index (χ3n) is 6.13. The van der Waals surface area contributed by atoms with E-state index in [0.29, 0.717) is 5.82 Å². The number of nitrogens with zero attached hydrogens (tertiary/aromatic N) is 4. The Labute approximate surface area is 204 Å². The van der Waals surface area contributed by atoms with Gasteiger partial charge >= 0.3 is 0 Å². The van der Waals surface area contributed by atoms with Crippen molar-refractivity contribution in [3.63, 3.8) is 0 Å². The molecule has 5 rings (SSSR count). The summed E-state index contributed by atoms with van der Waals surface area (Å²) in [7, 11) is 0. The molecule has 0 aliphatic carbocycles. The number of nitrogen functional groups attached to an aromatic ring is 1.